The van der Waals surface area contributed by atoms with Crippen molar-refractivity contribution in [1.29, 1.82) is 0 Å². The number of rotatable bonds is 2. The van der Waals surface area contributed by atoms with Crippen LogP contribution in [0.25, 0.3) is 5.69 Å². The highest BCUT2D eigenvalue weighted by Gasteiger charge is 2.41. The van der Waals surface area contributed by atoms with Crippen LogP contribution in [0.4, 0.5) is 17.6 Å². The minimum atomic E-state index is -4.99. The smallest absolute Gasteiger partial charge is 0.434 e. The van der Waals surface area contributed by atoms with E-state index in [2.05, 4.69) is 21.0 Å². The Balaban J connectivity index is 2.75. The average molecular weight is 353 g/mol. The number of aromatic carboxylic acids is 1. The number of nitrogens with zero attached hydrogens (tertiary/aromatic N) is 2. The number of carboxylic acids is 1. The molecule has 0 aliphatic heterocycles. The third-order valence-electron chi connectivity index (χ3n) is 2.40. The summed E-state index contributed by atoms with van der Waals surface area (Å²) < 4.78 is 53.1. The lowest BCUT2D eigenvalue weighted by atomic mass is 10.2. The van der Waals surface area contributed by atoms with Crippen LogP contribution in [-0.2, 0) is 6.18 Å². The highest BCUT2D eigenvalue weighted by Crippen LogP contribution is 2.34. The molecule has 0 amide bonds. The second-order valence-electron chi connectivity index (χ2n) is 3.72. The van der Waals surface area contributed by atoms with Crippen LogP contribution in [-0.4, -0.2) is 20.9 Å². The van der Waals surface area contributed by atoms with Crippen LogP contribution in [0.15, 0.2) is 28.9 Å². The summed E-state index contributed by atoms with van der Waals surface area (Å²) in [5, 5.41) is 12.1. The van der Waals surface area contributed by atoms with E-state index in [0.717, 1.165) is 12.1 Å². The summed E-state index contributed by atoms with van der Waals surface area (Å²) in [4.78, 5) is 10.8. The summed E-state index contributed by atoms with van der Waals surface area (Å²) in [6.07, 6.45) is -4.45. The maximum absolute atomic E-state index is 13.6. The van der Waals surface area contributed by atoms with Gasteiger partial charge in [-0.3, -0.25) is 0 Å². The van der Waals surface area contributed by atoms with Crippen LogP contribution < -0.4 is 0 Å². The maximum atomic E-state index is 13.6. The van der Waals surface area contributed by atoms with Crippen molar-refractivity contribution in [2.75, 3.05) is 0 Å². The number of hydrogen-bond donors (Lipinski definition) is 1. The van der Waals surface area contributed by atoms with Gasteiger partial charge in [0.25, 0.3) is 0 Å². The Morgan fingerprint density at radius 1 is 1.35 bits per heavy atom. The highest BCUT2D eigenvalue weighted by atomic mass is 79.9. The van der Waals surface area contributed by atoms with Crippen LogP contribution in [0.5, 0.6) is 0 Å². The Labute approximate surface area is 117 Å². The van der Waals surface area contributed by atoms with Crippen molar-refractivity contribution in [2.45, 2.75) is 6.18 Å². The van der Waals surface area contributed by atoms with Crippen LogP contribution in [0.1, 0.15) is 16.1 Å². The largest absolute Gasteiger partial charge is 0.478 e. The van der Waals surface area contributed by atoms with E-state index in [-0.39, 0.29) is 4.68 Å². The Kier molecular flexibility index (Phi) is 3.55. The van der Waals surface area contributed by atoms with E-state index in [4.69, 9.17) is 5.11 Å². The first-order chi connectivity index (χ1) is 9.21. The van der Waals surface area contributed by atoms with Gasteiger partial charge in [-0.15, -0.1) is 0 Å². The monoisotopic (exact) mass is 352 g/mol. The Hall–Kier alpha value is -1.90. The van der Waals surface area contributed by atoms with E-state index < -0.39 is 34.9 Å². The van der Waals surface area contributed by atoms with Gasteiger partial charge in [0.2, 0.25) is 0 Å². The molecular weight excluding hydrogens is 348 g/mol. The molecule has 0 fully saturated rings. The summed E-state index contributed by atoms with van der Waals surface area (Å²) >= 11 is 3.00. The average Bonchev–Trinajstić information content (AvgIpc) is 2.76. The van der Waals surface area contributed by atoms with Gasteiger partial charge >= 0.3 is 12.1 Å². The molecule has 0 atom stereocenters. The lowest BCUT2D eigenvalue weighted by molar-refractivity contribution is -0.143. The molecule has 0 aliphatic rings. The molecule has 9 heteroatoms. The molecule has 4 nitrogen and oxygen atoms in total. The van der Waals surface area contributed by atoms with Crippen molar-refractivity contribution in [2.24, 2.45) is 0 Å². The molecule has 0 unspecified atom stereocenters. The van der Waals surface area contributed by atoms with Crippen LogP contribution in [0, 0.1) is 5.82 Å². The number of aromatic nitrogens is 2. The highest BCUT2D eigenvalue weighted by molar-refractivity contribution is 9.10. The minimum Gasteiger partial charge on any atom is -0.478 e. The fraction of sp³-hybridized carbons (Fsp3) is 0.0909. The quantitative estimate of drug-likeness (QED) is 0.841. The van der Waals surface area contributed by atoms with Crippen molar-refractivity contribution in [3.8, 4) is 5.69 Å². The van der Waals surface area contributed by atoms with Gasteiger partial charge in [0.1, 0.15) is 17.1 Å². The molecule has 2 aromatic rings. The second kappa shape index (κ2) is 4.89. The number of carboxylic acid groups (broad SMARTS) is 1. The predicted octanol–water partition coefficient (Wildman–Crippen LogP) is 3.49. The molecule has 1 aromatic heterocycles. The molecule has 106 valence electrons. The molecule has 2 rings (SSSR count). The zero-order valence-corrected chi connectivity index (χ0v) is 11.0. The molecule has 0 radical (unpaired) electrons. The van der Waals surface area contributed by atoms with Gasteiger partial charge in [-0.2, -0.15) is 18.3 Å². The van der Waals surface area contributed by atoms with E-state index in [0.29, 0.717) is 10.7 Å². The van der Waals surface area contributed by atoms with Gasteiger partial charge in [-0.1, -0.05) is 15.9 Å². The fourth-order valence-electron chi connectivity index (χ4n) is 1.61. The molecule has 0 spiro atoms. The molecule has 20 heavy (non-hydrogen) atoms. The number of hydrogen-bond acceptors (Lipinski definition) is 2. The molecule has 0 saturated carbocycles. The topological polar surface area (TPSA) is 55.1 Å². The number of carbonyl (C=O) groups is 1. The van der Waals surface area contributed by atoms with Crippen molar-refractivity contribution in [3.05, 3.63) is 45.9 Å². The first-order valence-electron chi connectivity index (χ1n) is 5.05. The summed E-state index contributed by atoms with van der Waals surface area (Å²) in [5.74, 6) is -2.75. The van der Waals surface area contributed by atoms with Gasteiger partial charge in [-0.05, 0) is 18.2 Å². The molecule has 1 N–H and O–H groups in total. The van der Waals surface area contributed by atoms with Crippen LogP contribution in [0.3, 0.4) is 0 Å². The number of halogens is 5. The lowest BCUT2D eigenvalue weighted by Gasteiger charge is -2.12. The summed E-state index contributed by atoms with van der Waals surface area (Å²) in [5.41, 5.74) is -3.09. The van der Waals surface area contributed by atoms with Crippen molar-refractivity contribution < 1.29 is 27.5 Å². The SMILES string of the molecule is O=C(O)c1cnn(-c2cc(Br)ccc2F)c1C(F)(F)F. The number of benzene rings is 1. The third-order valence-corrected chi connectivity index (χ3v) is 2.90. The Morgan fingerprint density at radius 2 is 2.00 bits per heavy atom. The number of alkyl halides is 3. The van der Waals surface area contributed by atoms with E-state index >= 15 is 0 Å². The van der Waals surface area contributed by atoms with E-state index in [1.165, 1.54) is 6.07 Å². The van der Waals surface area contributed by atoms with Gasteiger partial charge < -0.3 is 5.11 Å². The zero-order chi connectivity index (χ0) is 15.1. The molecule has 1 aromatic carbocycles. The second-order valence-corrected chi connectivity index (χ2v) is 4.63. The van der Waals surface area contributed by atoms with Gasteiger partial charge in [-0.25, -0.2) is 13.9 Å². The van der Waals surface area contributed by atoms with E-state index in [1.807, 2.05) is 0 Å². The first kappa shape index (κ1) is 14.5. The lowest BCUT2D eigenvalue weighted by Crippen LogP contribution is -2.18. The summed E-state index contributed by atoms with van der Waals surface area (Å²) in [6, 6.07) is 3.32. The van der Waals surface area contributed by atoms with E-state index in [1.54, 1.807) is 0 Å². The van der Waals surface area contributed by atoms with Gasteiger partial charge in [0.15, 0.2) is 5.69 Å². The standard InChI is InChI=1S/C11H5BrF4N2O2/c12-5-1-2-7(13)8(3-5)18-9(11(14,15)16)6(4-17-18)10(19)20/h1-4H,(H,19,20). The molecular formula is C11H5BrF4N2O2. The van der Waals surface area contributed by atoms with E-state index in [9.17, 15) is 22.4 Å². The summed E-state index contributed by atoms with van der Waals surface area (Å²) in [7, 11) is 0. The predicted molar refractivity (Wildman–Crippen MR) is 63.2 cm³/mol. The molecule has 0 aliphatic carbocycles. The Morgan fingerprint density at radius 3 is 2.55 bits per heavy atom. The van der Waals surface area contributed by atoms with Gasteiger partial charge in [0, 0.05) is 4.47 Å². The third kappa shape index (κ3) is 2.53. The van der Waals surface area contributed by atoms with Crippen LogP contribution >= 0.6 is 15.9 Å². The first-order valence-corrected chi connectivity index (χ1v) is 5.85. The van der Waals surface area contributed by atoms with Crippen LogP contribution in [0.2, 0.25) is 0 Å². The maximum Gasteiger partial charge on any atom is 0.434 e. The molecule has 0 bridgehead atoms. The minimum absolute atomic E-state index is 0.226. The van der Waals surface area contributed by atoms with Crippen molar-refractivity contribution in [3.63, 3.8) is 0 Å². The zero-order valence-electron chi connectivity index (χ0n) is 9.45. The van der Waals surface area contributed by atoms with Crippen molar-refractivity contribution in [1.82, 2.24) is 9.78 Å². The summed E-state index contributed by atoms with van der Waals surface area (Å²) in [6.45, 7) is 0. The molecule has 0 saturated heterocycles. The Bertz CT molecular complexity index is 682. The fourth-order valence-corrected chi connectivity index (χ4v) is 1.96. The normalized spacial score (nSPS) is 11.7. The van der Waals surface area contributed by atoms with Crippen molar-refractivity contribution >= 4 is 21.9 Å². The van der Waals surface area contributed by atoms with Gasteiger partial charge in [0.05, 0.1) is 6.20 Å². The molecule has 1 heterocycles.